The minimum absolute atomic E-state index is 0.333. The van der Waals surface area contributed by atoms with E-state index in [9.17, 15) is 41.0 Å². The van der Waals surface area contributed by atoms with Gasteiger partial charge in [0, 0.05) is 25.1 Å². The van der Waals surface area contributed by atoms with E-state index in [2.05, 4.69) is 16.3 Å². The van der Waals surface area contributed by atoms with Crippen molar-refractivity contribution in [1.82, 2.24) is 15.1 Å². The van der Waals surface area contributed by atoms with E-state index in [-0.39, 0.29) is 6.42 Å². The number of hydrogen-bond acceptors (Lipinski definition) is 6. The fourth-order valence-corrected chi connectivity index (χ4v) is 7.39. The summed E-state index contributed by atoms with van der Waals surface area (Å²) in [6.07, 6.45) is -8.43. The molecular weight excluding hydrogens is 692 g/mol. The highest BCUT2D eigenvalue weighted by Gasteiger charge is 2.61. The number of alkyl halides is 6. The number of nitrogens with one attached hydrogen (secondary N) is 1. The van der Waals surface area contributed by atoms with Crippen LogP contribution < -0.4 is 10.1 Å². The van der Waals surface area contributed by atoms with Crippen LogP contribution in [0, 0.1) is 5.41 Å². The number of carboxylic acids is 1. The topological polar surface area (TPSA) is 91.3 Å². The van der Waals surface area contributed by atoms with Crippen molar-refractivity contribution in [3.8, 4) is 16.9 Å². The molecule has 2 aliphatic rings. The fraction of sp³-hybridized carbons (Fsp3) is 0.526. The number of likely N-dealkylation sites (tertiary alicyclic amines) is 2. The second-order valence-corrected chi connectivity index (χ2v) is 13.7. The van der Waals surface area contributed by atoms with E-state index in [1.54, 1.807) is 31.4 Å². The number of hydrogen-bond donors (Lipinski definition) is 2. The molecular formula is C38H45F6N3O5. The SMILES string of the molecule is CCOCc1cc(OC)c(-c2cccc3c(C[C@H](NC(=O)C4(C(F)(F)F)CCN(CC(F)(F)F)CC4)C(=O)O)cccc23)cc1CN1CCCCC1. The maximum absolute atomic E-state index is 14.4. The molecule has 0 unspecified atom stereocenters. The Morgan fingerprint density at radius 3 is 2.15 bits per heavy atom. The molecule has 5 rings (SSSR count). The van der Waals surface area contributed by atoms with Gasteiger partial charge >= 0.3 is 18.3 Å². The molecule has 0 aromatic heterocycles. The highest BCUT2D eigenvalue weighted by atomic mass is 19.4. The second kappa shape index (κ2) is 16.4. The Labute approximate surface area is 299 Å². The maximum atomic E-state index is 14.4. The molecule has 1 amide bonds. The number of amides is 1. The molecule has 0 saturated carbocycles. The van der Waals surface area contributed by atoms with Gasteiger partial charge in [0.15, 0.2) is 0 Å². The number of ether oxygens (including phenoxy) is 2. The number of methoxy groups -OCH3 is 1. The first-order valence-corrected chi connectivity index (χ1v) is 17.6. The van der Waals surface area contributed by atoms with Crippen molar-refractivity contribution in [1.29, 1.82) is 0 Å². The van der Waals surface area contributed by atoms with Crippen molar-refractivity contribution in [2.45, 2.75) is 77.0 Å². The van der Waals surface area contributed by atoms with E-state index in [1.165, 1.54) is 6.42 Å². The van der Waals surface area contributed by atoms with Gasteiger partial charge in [-0.15, -0.1) is 0 Å². The van der Waals surface area contributed by atoms with Gasteiger partial charge in [0.1, 0.15) is 17.2 Å². The largest absolute Gasteiger partial charge is 0.496 e. The van der Waals surface area contributed by atoms with Gasteiger partial charge in [0.25, 0.3) is 0 Å². The van der Waals surface area contributed by atoms with Gasteiger partial charge in [-0.1, -0.05) is 42.8 Å². The number of nitrogens with zero attached hydrogens (tertiary/aromatic N) is 2. The number of halogens is 6. The molecule has 3 aromatic rings. The fourth-order valence-electron chi connectivity index (χ4n) is 7.39. The van der Waals surface area contributed by atoms with Crippen LogP contribution in [-0.4, -0.2) is 91.6 Å². The third-order valence-electron chi connectivity index (χ3n) is 10.2. The van der Waals surface area contributed by atoms with Crippen LogP contribution >= 0.6 is 0 Å². The standard InChI is InChI=1S/C38H45F6N3O5/c1-3-52-23-27-21-33(51-2)31(19-26(27)22-46-15-5-4-6-16-46)30-12-8-10-28-25(9-7-11-29(28)30)20-32(34(48)49)45-35(50)36(38(42,43)44)13-17-47(18-14-36)24-37(39,40)41/h7-12,19,21,32H,3-6,13-18,20,22-24H2,1-2H3,(H,45,50)(H,48,49)/t32-/m0/s1. The minimum atomic E-state index is -5.11. The summed E-state index contributed by atoms with van der Waals surface area (Å²) in [6, 6.07) is 13.1. The van der Waals surface area contributed by atoms with E-state index in [4.69, 9.17) is 9.47 Å². The zero-order chi connectivity index (χ0) is 37.7. The molecule has 14 heteroatoms. The van der Waals surface area contributed by atoms with E-state index < -0.39 is 68.2 Å². The van der Waals surface area contributed by atoms with Crippen LogP contribution in [0.2, 0.25) is 0 Å². The number of carbonyl (C=O) groups excluding carboxylic acids is 1. The third-order valence-corrected chi connectivity index (χ3v) is 10.2. The lowest BCUT2D eigenvalue weighted by Crippen LogP contribution is -2.59. The lowest BCUT2D eigenvalue weighted by Gasteiger charge is -2.42. The molecule has 2 N–H and O–H groups in total. The summed E-state index contributed by atoms with van der Waals surface area (Å²) in [5.74, 6) is -2.48. The molecule has 284 valence electrons. The molecule has 2 aliphatic heterocycles. The summed E-state index contributed by atoms with van der Waals surface area (Å²) in [6.45, 7) is 2.99. The van der Waals surface area contributed by atoms with Crippen molar-refractivity contribution >= 4 is 22.6 Å². The van der Waals surface area contributed by atoms with Crippen molar-refractivity contribution < 1.29 is 50.5 Å². The smallest absolute Gasteiger partial charge is 0.403 e. The molecule has 2 heterocycles. The Morgan fingerprint density at radius 1 is 0.865 bits per heavy atom. The Kier molecular flexibility index (Phi) is 12.4. The monoisotopic (exact) mass is 737 g/mol. The number of carboxylic acid groups (broad SMARTS) is 1. The highest BCUT2D eigenvalue weighted by molar-refractivity contribution is 6.00. The molecule has 0 radical (unpaired) electrons. The Balaban J connectivity index is 1.45. The molecule has 0 aliphatic carbocycles. The summed E-state index contributed by atoms with van der Waals surface area (Å²) in [5.41, 5.74) is 1.17. The average Bonchev–Trinajstić information content (AvgIpc) is 3.10. The van der Waals surface area contributed by atoms with Gasteiger partial charge in [0.05, 0.1) is 20.3 Å². The van der Waals surface area contributed by atoms with Crippen LogP contribution in [0.3, 0.4) is 0 Å². The number of aliphatic carboxylic acids is 1. The summed E-state index contributed by atoms with van der Waals surface area (Å²) in [4.78, 5) is 29.0. The summed E-state index contributed by atoms with van der Waals surface area (Å²) < 4.78 is 93.7. The maximum Gasteiger partial charge on any atom is 0.403 e. The van der Waals surface area contributed by atoms with E-state index in [1.807, 2.05) is 25.1 Å². The normalized spacial score (nSPS) is 17.9. The Morgan fingerprint density at radius 2 is 1.54 bits per heavy atom. The number of rotatable bonds is 13. The number of piperidine rings is 2. The summed E-state index contributed by atoms with van der Waals surface area (Å²) in [7, 11) is 1.58. The van der Waals surface area contributed by atoms with Crippen LogP contribution in [0.15, 0.2) is 48.5 Å². The summed E-state index contributed by atoms with van der Waals surface area (Å²) >= 11 is 0. The summed E-state index contributed by atoms with van der Waals surface area (Å²) in [5, 5.41) is 13.6. The minimum Gasteiger partial charge on any atom is -0.496 e. The molecule has 2 saturated heterocycles. The predicted molar refractivity (Wildman–Crippen MR) is 184 cm³/mol. The van der Waals surface area contributed by atoms with Crippen molar-refractivity contribution in [2.24, 2.45) is 5.41 Å². The van der Waals surface area contributed by atoms with Crippen LogP contribution in [0.4, 0.5) is 26.3 Å². The van der Waals surface area contributed by atoms with Crippen LogP contribution in [0.5, 0.6) is 5.75 Å². The zero-order valence-corrected chi connectivity index (χ0v) is 29.3. The zero-order valence-electron chi connectivity index (χ0n) is 29.3. The van der Waals surface area contributed by atoms with Gasteiger partial charge < -0.3 is 19.9 Å². The molecule has 8 nitrogen and oxygen atoms in total. The molecule has 2 fully saturated rings. The Bertz CT molecular complexity index is 1720. The van der Waals surface area contributed by atoms with E-state index in [0.717, 1.165) is 65.0 Å². The van der Waals surface area contributed by atoms with Gasteiger partial charge in [-0.25, -0.2) is 4.79 Å². The van der Waals surface area contributed by atoms with Gasteiger partial charge in [0.2, 0.25) is 5.91 Å². The first-order chi connectivity index (χ1) is 24.7. The molecule has 52 heavy (non-hydrogen) atoms. The van der Waals surface area contributed by atoms with Gasteiger partial charge in [-0.3, -0.25) is 14.6 Å². The molecule has 1 atom stereocenters. The van der Waals surface area contributed by atoms with E-state index >= 15 is 0 Å². The van der Waals surface area contributed by atoms with Crippen LogP contribution in [0.25, 0.3) is 21.9 Å². The van der Waals surface area contributed by atoms with Crippen molar-refractivity contribution in [3.05, 3.63) is 65.2 Å². The number of fused-ring (bicyclic) bond motifs is 1. The third kappa shape index (κ3) is 9.00. The van der Waals surface area contributed by atoms with Gasteiger partial charge in [-0.05, 0) is 104 Å². The predicted octanol–water partition coefficient (Wildman–Crippen LogP) is 7.36. The number of benzene rings is 3. The van der Waals surface area contributed by atoms with Crippen LogP contribution in [0.1, 0.15) is 55.7 Å². The lowest BCUT2D eigenvalue weighted by molar-refractivity contribution is -0.236. The van der Waals surface area contributed by atoms with Gasteiger partial charge in [-0.2, -0.15) is 26.3 Å². The van der Waals surface area contributed by atoms with E-state index in [0.29, 0.717) is 29.9 Å². The van der Waals surface area contributed by atoms with Crippen LogP contribution in [-0.2, 0) is 33.9 Å². The second-order valence-electron chi connectivity index (χ2n) is 13.7. The number of carbonyl (C=O) groups is 2. The molecule has 0 spiro atoms. The quantitative estimate of drug-likeness (QED) is 0.177. The first kappa shape index (κ1) is 39.3. The molecule has 0 bridgehead atoms. The Hall–Kier alpha value is -3.88. The molecule has 3 aromatic carbocycles. The first-order valence-electron chi connectivity index (χ1n) is 17.6. The van der Waals surface area contributed by atoms with Crippen molar-refractivity contribution in [3.63, 3.8) is 0 Å². The van der Waals surface area contributed by atoms with Crippen molar-refractivity contribution in [2.75, 3.05) is 46.4 Å². The highest BCUT2D eigenvalue weighted by Crippen LogP contribution is 2.47. The lowest BCUT2D eigenvalue weighted by atomic mass is 9.76. The average molecular weight is 738 g/mol.